The number of fused-ring (bicyclic) bond motifs is 1. The van der Waals surface area contributed by atoms with Crippen molar-refractivity contribution in [2.45, 2.75) is 45.2 Å². The van der Waals surface area contributed by atoms with Crippen molar-refractivity contribution in [2.75, 3.05) is 0 Å². The summed E-state index contributed by atoms with van der Waals surface area (Å²) in [6.45, 7) is 7.80. The Morgan fingerprint density at radius 1 is 1.52 bits per heavy atom. The van der Waals surface area contributed by atoms with Crippen molar-refractivity contribution in [2.24, 2.45) is 0 Å². The molecule has 0 aliphatic carbocycles. The molecule has 7 heteroatoms. The molecular formula is C14H18BrClN4O. The van der Waals surface area contributed by atoms with Crippen LogP contribution in [0.3, 0.4) is 0 Å². The molecule has 0 saturated heterocycles. The van der Waals surface area contributed by atoms with Crippen LogP contribution in [0.15, 0.2) is 16.7 Å². The number of imidazole rings is 1. The monoisotopic (exact) mass is 372 g/mol. The van der Waals surface area contributed by atoms with E-state index in [0.717, 1.165) is 9.99 Å². The lowest BCUT2D eigenvalue weighted by atomic mass is 10.1. The third-order valence-electron chi connectivity index (χ3n) is 2.75. The summed E-state index contributed by atoms with van der Waals surface area (Å²) in [6.07, 6.45) is 1.69. The first-order valence-electron chi connectivity index (χ1n) is 6.64. The molecule has 0 radical (unpaired) electrons. The number of carbonyl (C=O) groups excluding carboxylic acids is 1. The number of aromatic nitrogens is 3. The molecule has 0 aliphatic rings. The molecular weight excluding hydrogens is 356 g/mol. The number of amides is 1. The zero-order chi connectivity index (χ0) is 15.8. The fraction of sp³-hybridized carbons (Fsp3) is 0.500. The van der Waals surface area contributed by atoms with Crippen LogP contribution in [-0.2, 0) is 11.3 Å². The van der Waals surface area contributed by atoms with Crippen LogP contribution in [0, 0.1) is 0 Å². The van der Waals surface area contributed by atoms with Crippen LogP contribution in [0.2, 0.25) is 0 Å². The standard InChI is InChI=1S/C14H18BrClN4O/c1-8(16)12-18-10-5-9(15)6-17-13(10)20(12)7-11(21)19-14(2,3)4/h5-6,8H,7H2,1-4H3,(H,19,21). The molecule has 1 amide bonds. The Labute approximate surface area is 137 Å². The maximum Gasteiger partial charge on any atom is 0.240 e. The van der Waals surface area contributed by atoms with Gasteiger partial charge in [0.1, 0.15) is 17.9 Å². The van der Waals surface area contributed by atoms with Gasteiger partial charge in [-0.1, -0.05) is 0 Å². The van der Waals surface area contributed by atoms with Crippen LogP contribution < -0.4 is 5.32 Å². The van der Waals surface area contributed by atoms with Crippen LogP contribution in [0.25, 0.3) is 11.2 Å². The summed E-state index contributed by atoms with van der Waals surface area (Å²) in [7, 11) is 0. The minimum absolute atomic E-state index is 0.0925. The average Bonchev–Trinajstić information content (AvgIpc) is 2.64. The summed E-state index contributed by atoms with van der Waals surface area (Å²) in [4.78, 5) is 21.0. The van der Waals surface area contributed by atoms with Crippen LogP contribution in [0.1, 0.15) is 38.9 Å². The van der Waals surface area contributed by atoms with Gasteiger partial charge < -0.3 is 9.88 Å². The third kappa shape index (κ3) is 3.95. The molecule has 21 heavy (non-hydrogen) atoms. The van der Waals surface area contributed by atoms with E-state index in [-0.39, 0.29) is 23.4 Å². The van der Waals surface area contributed by atoms with Gasteiger partial charge >= 0.3 is 0 Å². The molecule has 2 aromatic rings. The Bertz CT molecular complexity index is 675. The molecule has 1 N–H and O–H groups in total. The number of nitrogens with one attached hydrogen (secondary N) is 1. The third-order valence-corrected chi connectivity index (χ3v) is 3.38. The maximum atomic E-state index is 12.2. The van der Waals surface area contributed by atoms with Gasteiger partial charge in [-0.3, -0.25) is 4.79 Å². The highest BCUT2D eigenvalue weighted by atomic mass is 79.9. The molecule has 1 atom stereocenters. The first-order valence-corrected chi connectivity index (χ1v) is 7.87. The zero-order valence-electron chi connectivity index (χ0n) is 12.4. The predicted octanol–water partition coefficient (Wildman–Crippen LogP) is 3.41. The van der Waals surface area contributed by atoms with Crippen molar-refractivity contribution in [1.29, 1.82) is 0 Å². The number of halogens is 2. The molecule has 2 aromatic heterocycles. The Balaban J connectivity index is 2.41. The summed E-state index contributed by atoms with van der Waals surface area (Å²) in [5.41, 5.74) is 1.09. The van der Waals surface area contributed by atoms with E-state index in [0.29, 0.717) is 11.5 Å². The molecule has 114 valence electrons. The number of hydrogen-bond acceptors (Lipinski definition) is 3. The predicted molar refractivity (Wildman–Crippen MR) is 87.4 cm³/mol. The molecule has 1 unspecified atom stereocenters. The molecule has 2 heterocycles. The molecule has 5 nitrogen and oxygen atoms in total. The van der Waals surface area contributed by atoms with Gasteiger partial charge in [0.25, 0.3) is 0 Å². The smallest absolute Gasteiger partial charge is 0.240 e. The van der Waals surface area contributed by atoms with Crippen molar-refractivity contribution in [3.63, 3.8) is 0 Å². The first-order chi connectivity index (χ1) is 9.67. The Hall–Kier alpha value is -1.14. The molecule has 0 fully saturated rings. The van der Waals surface area contributed by atoms with Crippen molar-refractivity contribution < 1.29 is 4.79 Å². The summed E-state index contributed by atoms with van der Waals surface area (Å²) in [5.74, 6) is 0.548. The summed E-state index contributed by atoms with van der Waals surface area (Å²) < 4.78 is 2.60. The van der Waals surface area contributed by atoms with Crippen molar-refractivity contribution in [1.82, 2.24) is 19.9 Å². The molecule has 0 bridgehead atoms. The Kier molecular flexibility index (Phi) is 4.58. The first kappa shape index (κ1) is 16.2. The van der Waals surface area contributed by atoms with Crippen LogP contribution >= 0.6 is 27.5 Å². The second-order valence-corrected chi connectivity index (χ2v) is 7.54. The molecule has 0 spiro atoms. The van der Waals surface area contributed by atoms with Crippen molar-refractivity contribution >= 4 is 44.6 Å². The van der Waals surface area contributed by atoms with Gasteiger partial charge in [0.15, 0.2) is 5.65 Å². The number of nitrogens with zero attached hydrogens (tertiary/aromatic N) is 3. The van der Waals surface area contributed by atoms with E-state index in [2.05, 4.69) is 31.2 Å². The lowest BCUT2D eigenvalue weighted by molar-refractivity contribution is -0.123. The second-order valence-electron chi connectivity index (χ2n) is 5.97. The Morgan fingerprint density at radius 2 is 2.19 bits per heavy atom. The quantitative estimate of drug-likeness (QED) is 0.839. The summed E-state index contributed by atoms with van der Waals surface area (Å²) in [5, 5.41) is 2.63. The van der Waals surface area contributed by atoms with Gasteiger partial charge in [-0.2, -0.15) is 0 Å². The van der Waals surface area contributed by atoms with E-state index in [1.165, 1.54) is 0 Å². The van der Waals surface area contributed by atoms with E-state index in [1.54, 1.807) is 10.8 Å². The van der Waals surface area contributed by atoms with Gasteiger partial charge in [-0.05, 0) is 49.7 Å². The lowest BCUT2D eigenvalue weighted by Gasteiger charge is -2.21. The summed E-state index contributed by atoms with van der Waals surface area (Å²) in [6, 6.07) is 1.86. The molecule has 2 rings (SSSR count). The Morgan fingerprint density at radius 3 is 2.76 bits per heavy atom. The topological polar surface area (TPSA) is 59.8 Å². The largest absolute Gasteiger partial charge is 0.350 e. The van der Waals surface area contributed by atoms with Gasteiger partial charge in [0, 0.05) is 16.2 Å². The van der Waals surface area contributed by atoms with E-state index < -0.39 is 0 Å². The van der Waals surface area contributed by atoms with Crippen molar-refractivity contribution in [3.05, 3.63) is 22.6 Å². The van der Waals surface area contributed by atoms with E-state index in [9.17, 15) is 4.79 Å². The highest BCUT2D eigenvalue weighted by molar-refractivity contribution is 9.10. The van der Waals surface area contributed by atoms with Crippen LogP contribution in [-0.4, -0.2) is 26.0 Å². The number of pyridine rings is 1. The minimum Gasteiger partial charge on any atom is -0.350 e. The van der Waals surface area contributed by atoms with Crippen LogP contribution in [0.5, 0.6) is 0 Å². The minimum atomic E-state index is -0.305. The average molecular weight is 374 g/mol. The zero-order valence-corrected chi connectivity index (χ0v) is 14.8. The number of rotatable bonds is 3. The number of alkyl halides is 1. The van der Waals surface area contributed by atoms with E-state index in [1.807, 2.05) is 33.8 Å². The molecule has 0 aromatic carbocycles. The summed E-state index contributed by atoms with van der Waals surface area (Å²) >= 11 is 9.55. The highest BCUT2D eigenvalue weighted by Crippen LogP contribution is 2.25. The van der Waals surface area contributed by atoms with Gasteiger partial charge in [0.2, 0.25) is 5.91 Å². The normalized spacial score (nSPS) is 13.4. The highest BCUT2D eigenvalue weighted by Gasteiger charge is 2.20. The maximum absolute atomic E-state index is 12.2. The second kappa shape index (κ2) is 5.93. The fourth-order valence-corrected chi connectivity index (χ4v) is 2.55. The van der Waals surface area contributed by atoms with E-state index >= 15 is 0 Å². The fourth-order valence-electron chi connectivity index (χ4n) is 2.06. The van der Waals surface area contributed by atoms with Crippen LogP contribution in [0.4, 0.5) is 0 Å². The number of hydrogen-bond donors (Lipinski definition) is 1. The van der Waals surface area contributed by atoms with Gasteiger partial charge in [-0.15, -0.1) is 11.6 Å². The number of carbonyl (C=O) groups is 1. The van der Waals surface area contributed by atoms with Gasteiger partial charge in [0.05, 0.1) is 5.38 Å². The molecule has 0 saturated carbocycles. The van der Waals surface area contributed by atoms with Crippen molar-refractivity contribution in [3.8, 4) is 0 Å². The van der Waals surface area contributed by atoms with E-state index in [4.69, 9.17) is 11.6 Å². The lowest BCUT2D eigenvalue weighted by Crippen LogP contribution is -2.42. The SMILES string of the molecule is CC(Cl)c1nc2cc(Br)cnc2n1CC(=O)NC(C)(C)C. The molecule has 0 aliphatic heterocycles. The van der Waals surface area contributed by atoms with Gasteiger partial charge in [-0.25, -0.2) is 9.97 Å².